The molecule has 7 nitrogen and oxygen atoms in total. The van der Waals surface area contributed by atoms with E-state index in [-0.39, 0.29) is 22.8 Å². The van der Waals surface area contributed by atoms with Crippen LogP contribution in [-0.4, -0.2) is 22.0 Å². The second-order valence-corrected chi connectivity index (χ2v) is 7.76. The number of nitrogens with zero attached hydrogens (tertiary/aromatic N) is 1. The highest BCUT2D eigenvalue weighted by Gasteiger charge is 2.19. The van der Waals surface area contributed by atoms with E-state index in [0.29, 0.717) is 24.2 Å². The van der Waals surface area contributed by atoms with Gasteiger partial charge in [-0.25, -0.2) is 0 Å². The first-order chi connectivity index (χ1) is 13.9. The first kappa shape index (κ1) is 22.4. The second kappa shape index (κ2) is 11.2. The number of benzene rings is 2. The number of anilines is 2. The Labute approximate surface area is 174 Å². The van der Waals surface area contributed by atoms with E-state index in [4.69, 9.17) is 0 Å². The molecular weight excluding hydrogens is 390 g/mol. The molecule has 2 N–H and O–H groups in total. The number of amides is 2. The van der Waals surface area contributed by atoms with E-state index in [1.54, 1.807) is 0 Å². The molecule has 0 saturated heterocycles. The molecular formula is C21H25N3O4S. The molecule has 154 valence electrons. The van der Waals surface area contributed by atoms with Crippen molar-refractivity contribution in [1.29, 1.82) is 0 Å². The maximum Gasteiger partial charge on any atom is 0.269 e. The maximum absolute atomic E-state index is 12.6. The predicted molar refractivity (Wildman–Crippen MR) is 116 cm³/mol. The molecule has 1 unspecified atom stereocenters. The first-order valence-electron chi connectivity index (χ1n) is 9.54. The van der Waals surface area contributed by atoms with Crippen LogP contribution in [0.15, 0.2) is 53.4 Å². The standard InChI is InChI=1S/C21H25N3O4S/c1-3-5-9-20(25)22-16-7-6-8-18(14-16)29-19(4-2)21(26)23-15-10-12-17(13-11-15)24(27)28/h6-8,10-14,19H,3-5,9H2,1-2H3,(H,22,25)(H,23,26). The third-order valence-electron chi connectivity index (χ3n) is 4.16. The molecule has 1 atom stereocenters. The summed E-state index contributed by atoms with van der Waals surface area (Å²) in [6.07, 6.45) is 2.91. The van der Waals surface area contributed by atoms with Crippen LogP contribution in [0.1, 0.15) is 39.5 Å². The number of carbonyl (C=O) groups is 2. The highest BCUT2D eigenvalue weighted by atomic mass is 32.2. The summed E-state index contributed by atoms with van der Waals surface area (Å²) in [5.41, 5.74) is 1.19. The van der Waals surface area contributed by atoms with Crippen LogP contribution in [0.2, 0.25) is 0 Å². The quantitative estimate of drug-likeness (QED) is 0.314. The van der Waals surface area contributed by atoms with E-state index in [1.165, 1.54) is 36.0 Å². The predicted octanol–water partition coefficient (Wildman–Crippen LogP) is 5.23. The summed E-state index contributed by atoms with van der Waals surface area (Å²) < 4.78 is 0. The number of carbonyl (C=O) groups excluding carboxylic acids is 2. The molecule has 0 aliphatic rings. The van der Waals surface area contributed by atoms with Crippen molar-refractivity contribution in [2.24, 2.45) is 0 Å². The maximum atomic E-state index is 12.6. The molecule has 0 spiro atoms. The van der Waals surface area contributed by atoms with Gasteiger partial charge < -0.3 is 10.6 Å². The van der Waals surface area contributed by atoms with E-state index in [2.05, 4.69) is 10.6 Å². The summed E-state index contributed by atoms with van der Waals surface area (Å²) in [5, 5.41) is 16.1. The zero-order chi connectivity index (χ0) is 21.2. The van der Waals surface area contributed by atoms with Gasteiger partial charge in [0, 0.05) is 34.8 Å². The van der Waals surface area contributed by atoms with E-state index >= 15 is 0 Å². The van der Waals surface area contributed by atoms with Crippen LogP contribution < -0.4 is 10.6 Å². The fraction of sp³-hybridized carbons (Fsp3) is 0.333. The number of rotatable bonds is 10. The molecule has 0 radical (unpaired) electrons. The summed E-state index contributed by atoms with van der Waals surface area (Å²) >= 11 is 1.41. The Hall–Kier alpha value is -2.87. The monoisotopic (exact) mass is 415 g/mol. The molecule has 2 aromatic carbocycles. The minimum absolute atomic E-state index is 0.0167. The van der Waals surface area contributed by atoms with Gasteiger partial charge in [0.1, 0.15) is 0 Å². The molecule has 0 fully saturated rings. The smallest absolute Gasteiger partial charge is 0.269 e. The van der Waals surface area contributed by atoms with Crippen LogP contribution in [-0.2, 0) is 9.59 Å². The van der Waals surface area contributed by atoms with Gasteiger partial charge in [-0.3, -0.25) is 19.7 Å². The Bertz CT molecular complexity index is 855. The lowest BCUT2D eigenvalue weighted by atomic mass is 10.2. The molecule has 2 amide bonds. The Morgan fingerprint density at radius 3 is 2.41 bits per heavy atom. The van der Waals surface area contributed by atoms with Crippen molar-refractivity contribution in [2.75, 3.05) is 10.6 Å². The fourth-order valence-corrected chi connectivity index (χ4v) is 3.60. The lowest BCUT2D eigenvalue weighted by Gasteiger charge is -2.15. The van der Waals surface area contributed by atoms with Gasteiger partial charge in [-0.2, -0.15) is 0 Å². The van der Waals surface area contributed by atoms with E-state index in [0.717, 1.165) is 17.7 Å². The topological polar surface area (TPSA) is 101 Å². The van der Waals surface area contributed by atoms with Gasteiger partial charge in [-0.05, 0) is 43.2 Å². The number of nitro benzene ring substituents is 1. The Kier molecular flexibility index (Phi) is 8.67. The molecule has 0 bridgehead atoms. The van der Waals surface area contributed by atoms with Crippen molar-refractivity contribution in [1.82, 2.24) is 0 Å². The van der Waals surface area contributed by atoms with Gasteiger partial charge in [-0.15, -0.1) is 11.8 Å². The lowest BCUT2D eigenvalue weighted by Crippen LogP contribution is -2.24. The van der Waals surface area contributed by atoms with Gasteiger partial charge in [0.05, 0.1) is 10.2 Å². The van der Waals surface area contributed by atoms with Crippen molar-refractivity contribution >= 4 is 40.6 Å². The van der Waals surface area contributed by atoms with Crippen LogP contribution in [0.4, 0.5) is 17.1 Å². The number of unbranched alkanes of at least 4 members (excludes halogenated alkanes) is 1. The highest BCUT2D eigenvalue weighted by molar-refractivity contribution is 8.00. The molecule has 0 aromatic heterocycles. The zero-order valence-corrected chi connectivity index (χ0v) is 17.3. The second-order valence-electron chi connectivity index (χ2n) is 6.49. The Morgan fingerprint density at radius 2 is 1.79 bits per heavy atom. The normalized spacial score (nSPS) is 11.5. The molecule has 0 aliphatic carbocycles. The minimum atomic E-state index is -0.482. The van der Waals surface area contributed by atoms with Gasteiger partial charge in [0.15, 0.2) is 0 Å². The molecule has 0 aliphatic heterocycles. The molecule has 2 rings (SSSR count). The van der Waals surface area contributed by atoms with E-state index in [1.807, 2.05) is 38.1 Å². The molecule has 8 heteroatoms. The Morgan fingerprint density at radius 1 is 1.07 bits per heavy atom. The largest absolute Gasteiger partial charge is 0.326 e. The Balaban J connectivity index is 1.99. The number of non-ortho nitro benzene ring substituents is 1. The average Bonchev–Trinajstić information content (AvgIpc) is 2.71. The third-order valence-corrected chi connectivity index (χ3v) is 5.52. The van der Waals surface area contributed by atoms with E-state index in [9.17, 15) is 19.7 Å². The summed E-state index contributed by atoms with van der Waals surface area (Å²) in [7, 11) is 0. The number of thioether (sulfide) groups is 1. The van der Waals surface area contributed by atoms with Crippen molar-refractivity contribution in [3.8, 4) is 0 Å². The minimum Gasteiger partial charge on any atom is -0.326 e. The fourth-order valence-electron chi connectivity index (χ4n) is 2.58. The van der Waals surface area contributed by atoms with Crippen LogP contribution in [0.25, 0.3) is 0 Å². The van der Waals surface area contributed by atoms with Crippen LogP contribution in [0.5, 0.6) is 0 Å². The molecule has 0 heterocycles. The highest BCUT2D eigenvalue weighted by Crippen LogP contribution is 2.29. The summed E-state index contributed by atoms with van der Waals surface area (Å²) in [5.74, 6) is -0.194. The first-order valence-corrected chi connectivity index (χ1v) is 10.4. The number of nitro groups is 1. The van der Waals surface area contributed by atoms with Gasteiger partial charge in [-0.1, -0.05) is 26.3 Å². The van der Waals surface area contributed by atoms with Crippen LogP contribution >= 0.6 is 11.8 Å². The molecule has 2 aromatic rings. The van der Waals surface area contributed by atoms with Crippen molar-refractivity contribution in [2.45, 2.75) is 49.7 Å². The SMILES string of the molecule is CCCCC(=O)Nc1cccc(SC(CC)C(=O)Nc2ccc([N+](=O)[O-])cc2)c1. The number of nitrogens with one attached hydrogen (secondary N) is 2. The van der Waals surface area contributed by atoms with Crippen molar-refractivity contribution in [3.63, 3.8) is 0 Å². The summed E-state index contributed by atoms with van der Waals surface area (Å²) in [6.45, 7) is 3.96. The lowest BCUT2D eigenvalue weighted by molar-refractivity contribution is -0.384. The number of hydrogen-bond acceptors (Lipinski definition) is 5. The number of hydrogen-bond donors (Lipinski definition) is 2. The van der Waals surface area contributed by atoms with E-state index < -0.39 is 4.92 Å². The molecule has 0 saturated carbocycles. The summed E-state index contributed by atoms with van der Waals surface area (Å²) in [4.78, 5) is 35.7. The van der Waals surface area contributed by atoms with Crippen molar-refractivity contribution in [3.05, 3.63) is 58.6 Å². The van der Waals surface area contributed by atoms with Crippen LogP contribution in [0.3, 0.4) is 0 Å². The van der Waals surface area contributed by atoms with Crippen LogP contribution in [0, 0.1) is 10.1 Å². The summed E-state index contributed by atoms with van der Waals surface area (Å²) in [6, 6.07) is 13.2. The molecule has 29 heavy (non-hydrogen) atoms. The average molecular weight is 416 g/mol. The van der Waals surface area contributed by atoms with Gasteiger partial charge in [0.2, 0.25) is 11.8 Å². The van der Waals surface area contributed by atoms with Gasteiger partial charge >= 0.3 is 0 Å². The van der Waals surface area contributed by atoms with Crippen molar-refractivity contribution < 1.29 is 14.5 Å². The zero-order valence-electron chi connectivity index (χ0n) is 16.5. The van der Waals surface area contributed by atoms with Gasteiger partial charge in [0.25, 0.3) is 5.69 Å². The third kappa shape index (κ3) is 7.23.